The molecule has 1 aliphatic rings. The minimum absolute atomic E-state index is 0.108. The van der Waals surface area contributed by atoms with Gasteiger partial charge in [-0.2, -0.15) is 0 Å². The number of rotatable bonds is 8. The molecular formula is C22H26ClNO3. The minimum atomic E-state index is 0.108. The number of amides is 1. The Labute approximate surface area is 166 Å². The van der Waals surface area contributed by atoms with Crippen LogP contribution in [0.25, 0.3) is 0 Å². The van der Waals surface area contributed by atoms with Crippen molar-refractivity contribution >= 4 is 17.5 Å². The summed E-state index contributed by atoms with van der Waals surface area (Å²) in [6.07, 6.45) is 3.23. The first-order valence-electron chi connectivity index (χ1n) is 9.42. The predicted molar refractivity (Wildman–Crippen MR) is 107 cm³/mol. The van der Waals surface area contributed by atoms with E-state index in [1.54, 1.807) is 7.11 Å². The maximum atomic E-state index is 13.0. The Morgan fingerprint density at radius 3 is 2.63 bits per heavy atom. The number of halogens is 1. The summed E-state index contributed by atoms with van der Waals surface area (Å²) >= 11 is 6.23. The van der Waals surface area contributed by atoms with Gasteiger partial charge >= 0.3 is 0 Å². The van der Waals surface area contributed by atoms with Crippen LogP contribution in [0.5, 0.6) is 5.75 Å². The van der Waals surface area contributed by atoms with Crippen LogP contribution in [0.2, 0.25) is 5.02 Å². The second-order valence-corrected chi connectivity index (χ2v) is 7.22. The number of hydrogen-bond acceptors (Lipinski definition) is 3. The number of benzene rings is 2. The van der Waals surface area contributed by atoms with Gasteiger partial charge in [0, 0.05) is 36.7 Å². The van der Waals surface area contributed by atoms with E-state index in [-0.39, 0.29) is 12.0 Å². The molecule has 4 nitrogen and oxygen atoms in total. The SMILES string of the molecule is COc1ccccc1CN(CC1CCCO1)C(=O)CCc1ccccc1Cl. The molecule has 0 aromatic heterocycles. The molecule has 1 heterocycles. The van der Waals surface area contributed by atoms with Gasteiger partial charge in [-0.25, -0.2) is 0 Å². The van der Waals surface area contributed by atoms with Crippen molar-refractivity contribution in [3.63, 3.8) is 0 Å². The highest BCUT2D eigenvalue weighted by molar-refractivity contribution is 6.31. The van der Waals surface area contributed by atoms with Crippen molar-refractivity contribution in [3.05, 3.63) is 64.7 Å². The van der Waals surface area contributed by atoms with Gasteiger partial charge in [-0.3, -0.25) is 4.79 Å². The molecule has 0 bridgehead atoms. The van der Waals surface area contributed by atoms with Crippen molar-refractivity contribution in [3.8, 4) is 5.75 Å². The number of carbonyl (C=O) groups excluding carboxylic acids is 1. The molecule has 3 rings (SSSR count). The molecule has 1 saturated heterocycles. The molecular weight excluding hydrogens is 362 g/mol. The van der Waals surface area contributed by atoms with Gasteiger partial charge in [0.2, 0.25) is 5.91 Å². The Bertz CT molecular complexity index is 759. The van der Waals surface area contributed by atoms with E-state index >= 15 is 0 Å². The van der Waals surface area contributed by atoms with E-state index in [9.17, 15) is 4.79 Å². The fraction of sp³-hybridized carbons (Fsp3) is 0.409. The number of para-hydroxylation sites is 1. The van der Waals surface area contributed by atoms with Crippen LogP contribution in [0, 0.1) is 0 Å². The normalized spacial score (nSPS) is 16.3. The van der Waals surface area contributed by atoms with Crippen molar-refractivity contribution in [1.29, 1.82) is 0 Å². The van der Waals surface area contributed by atoms with Gasteiger partial charge in [0.05, 0.1) is 13.2 Å². The van der Waals surface area contributed by atoms with Gasteiger partial charge in [0.25, 0.3) is 0 Å². The minimum Gasteiger partial charge on any atom is -0.496 e. The molecule has 2 aromatic rings. The molecule has 0 radical (unpaired) electrons. The number of nitrogens with zero attached hydrogens (tertiary/aromatic N) is 1. The Morgan fingerprint density at radius 1 is 1.19 bits per heavy atom. The molecule has 1 aliphatic heterocycles. The quantitative estimate of drug-likeness (QED) is 0.669. The van der Waals surface area contributed by atoms with Crippen LogP contribution in [0.15, 0.2) is 48.5 Å². The zero-order chi connectivity index (χ0) is 19.1. The first-order valence-corrected chi connectivity index (χ1v) is 9.80. The first kappa shape index (κ1) is 19.7. The van der Waals surface area contributed by atoms with Crippen LogP contribution in [0.1, 0.15) is 30.4 Å². The highest BCUT2D eigenvalue weighted by Gasteiger charge is 2.23. The summed E-state index contributed by atoms with van der Waals surface area (Å²) in [7, 11) is 1.66. The van der Waals surface area contributed by atoms with Gasteiger partial charge in [-0.05, 0) is 37.0 Å². The van der Waals surface area contributed by atoms with Crippen LogP contribution in [-0.4, -0.2) is 37.2 Å². The summed E-state index contributed by atoms with van der Waals surface area (Å²) in [6, 6.07) is 15.5. The molecule has 27 heavy (non-hydrogen) atoms. The standard InChI is InChI=1S/C22H26ClNO3/c1-26-21-11-5-3-8-18(21)15-24(16-19-9-6-14-27-19)22(25)13-12-17-7-2-4-10-20(17)23/h2-5,7-8,10-11,19H,6,9,12-16H2,1H3. The monoisotopic (exact) mass is 387 g/mol. The smallest absolute Gasteiger partial charge is 0.223 e. The van der Waals surface area contributed by atoms with Gasteiger partial charge in [0.15, 0.2) is 0 Å². The molecule has 2 aromatic carbocycles. The second kappa shape index (κ2) is 9.77. The third-order valence-corrected chi connectivity index (χ3v) is 5.29. The summed E-state index contributed by atoms with van der Waals surface area (Å²) in [5.74, 6) is 0.907. The van der Waals surface area contributed by atoms with Crippen molar-refractivity contribution < 1.29 is 14.3 Å². The van der Waals surface area contributed by atoms with Crippen molar-refractivity contribution in [1.82, 2.24) is 4.90 Å². The molecule has 1 fully saturated rings. The zero-order valence-corrected chi connectivity index (χ0v) is 16.5. The fourth-order valence-electron chi connectivity index (χ4n) is 3.43. The van der Waals surface area contributed by atoms with Crippen molar-refractivity contribution in [2.45, 2.75) is 38.3 Å². The number of hydrogen-bond donors (Lipinski definition) is 0. The van der Waals surface area contributed by atoms with E-state index in [0.29, 0.717) is 31.0 Å². The Kier molecular flexibility index (Phi) is 7.13. The highest BCUT2D eigenvalue weighted by atomic mass is 35.5. The van der Waals surface area contributed by atoms with Crippen LogP contribution >= 0.6 is 11.6 Å². The molecule has 0 aliphatic carbocycles. The lowest BCUT2D eigenvalue weighted by Gasteiger charge is -2.26. The number of ether oxygens (including phenoxy) is 2. The lowest BCUT2D eigenvalue weighted by molar-refractivity contribution is -0.133. The largest absolute Gasteiger partial charge is 0.496 e. The van der Waals surface area contributed by atoms with Crippen LogP contribution in [0.3, 0.4) is 0 Å². The molecule has 1 amide bonds. The van der Waals surface area contributed by atoms with Crippen molar-refractivity contribution in [2.75, 3.05) is 20.3 Å². The number of aryl methyl sites for hydroxylation is 1. The van der Waals surface area contributed by atoms with E-state index in [2.05, 4.69) is 0 Å². The summed E-state index contributed by atoms with van der Waals surface area (Å²) in [5.41, 5.74) is 2.01. The van der Waals surface area contributed by atoms with E-state index in [1.807, 2.05) is 53.4 Å². The maximum absolute atomic E-state index is 13.0. The lowest BCUT2D eigenvalue weighted by Crippen LogP contribution is -2.37. The molecule has 0 spiro atoms. The molecule has 0 N–H and O–H groups in total. The Morgan fingerprint density at radius 2 is 1.93 bits per heavy atom. The Hall–Kier alpha value is -2.04. The zero-order valence-electron chi connectivity index (χ0n) is 15.7. The highest BCUT2D eigenvalue weighted by Crippen LogP contribution is 2.23. The van der Waals surface area contributed by atoms with E-state index in [1.165, 1.54) is 0 Å². The van der Waals surface area contributed by atoms with E-state index < -0.39 is 0 Å². The number of methoxy groups -OCH3 is 1. The Balaban J connectivity index is 1.70. The first-order chi connectivity index (χ1) is 13.2. The molecule has 5 heteroatoms. The lowest BCUT2D eigenvalue weighted by atomic mass is 10.1. The summed E-state index contributed by atoms with van der Waals surface area (Å²) in [5, 5.41) is 0.709. The van der Waals surface area contributed by atoms with Crippen molar-refractivity contribution in [2.24, 2.45) is 0 Å². The molecule has 144 valence electrons. The van der Waals surface area contributed by atoms with Crippen LogP contribution in [-0.2, 0) is 22.5 Å². The van der Waals surface area contributed by atoms with E-state index in [4.69, 9.17) is 21.1 Å². The van der Waals surface area contributed by atoms with Gasteiger partial charge in [-0.1, -0.05) is 48.0 Å². The molecule has 1 atom stereocenters. The maximum Gasteiger partial charge on any atom is 0.223 e. The van der Waals surface area contributed by atoms with Gasteiger partial charge < -0.3 is 14.4 Å². The average Bonchev–Trinajstić information content (AvgIpc) is 3.20. The summed E-state index contributed by atoms with van der Waals surface area (Å²) < 4.78 is 11.2. The number of carbonyl (C=O) groups is 1. The average molecular weight is 388 g/mol. The second-order valence-electron chi connectivity index (χ2n) is 6.81. The molecule has 0 saturated carbocycles. The van der Waals surface area contributed by atoms with Gasteiger partial charge in [-0.15, -0.1) is 0 Å². The summed E-state index contributed by atoms with van der Waals surface area (Å²) in [4.78, 5) is 14.9. The molecule has 1 unspecified atom stereocenters. The third-order valence-electron chi connectivity index (χ3n) is 4.92. The van der Waals surface area contributed by atoms with Gasteiger partial charge in [0.1, 0.15) is 5.75 Å². The van der Waals surface area contributed by atoms with Crippen LogP contribution in [0.4, 0.5) is 0 Å². The van der Waals surface area contributed by atoms with E-state index in [0.717, 1.165) is 36.3 Å². The van der Waals surface area contributed by atoms with Crippen LogP contribution < -0.4 is 4.74 Å². The predicted octanol–water partition coefficient (Wildman–Crippen LogP) is 4.49. The topological polar surface area (TPSA) is 38.8 Å². The fourth-order valence-corrected chi connectivity index (χ4v) is 3.66. The summed E-state index contributed by atoms with van der Waals surface area (Å²) in [6.45, 7) is 1.91. The third kappa shape index (κ3) is 5.47.